The molecule has 0 aliphatic carbocycles. The highest BCUT2D eigenvalue weighted by Gasteiger charge is 2.23. The molecule has 27 heavy (non-hydrogen) atoms. The minimum absolute atomic E-state index is 0.0392. The van der Waals surface area contributed by atoms with E-state index in [0.717, 1.165) is 22.0 Å². The predicted molar refractivity (Wildman–Crippen MR) is 98.0 cm³/mol. The molecule has 2 rings (SSSR count). The van der Waals surface area contributed by atoms with Gasteiger partial charge in [-0.25, -0.2) is 17.1 Å². The summed E-state index contributed by atoms with van der Waals surface area (Å²) in [4.78, 5) is 11.8. The fourth-order valence-corrected chi connectivity index (χ4v) is 3.30. The lowest BCUT2D eigenvalue weighted by Gasteiger charge is -2.13. The summed E-state index contributed by atoms with van der Waals surface area (Å²) in [5.74, 6) is -0.366. The monoisotopic (exact) mass is 396 g/mol. The maximum absolute atomic E-state index is 13.9. The number of nitrogens with zero attached hydrogens (tertiary/aromatic N) is 1. The van der Waals surface area contributed by atoms with Crippen molar-refractivity contribution in [1.82, 2.24) is 9.62 Å². The lowest BCUT2D eigenvalue weighted by atomic mass is 10.1. The van der Waals surface area contributed by atoms with Crippen molar-refractivity contribution < 1.29 is 27.1 Å². The molecule has 0 spiro atoms. The number of nitrogens with one attached hydrogen (secondary N) is 1. The van der Waals surface area contributed by atoms with E-state index in [0.29, 0.717) is 11.5 Å². The molecule has 1 amide bonds. The number of amides is 1. The third kappa shape index (κ3) is 4.55. The van der Waals surface area contributed by atoms with Crippen molar-refractivity contribution in [3.8, 4) is 11.5 Å². The van der Waals surface area contributed by atoms with Crippen LogP contribution in [0.5, 0.6) is 11.5 Å². The lowest BCUT2D eigenvalue weighted by Crippen LogP contribution is -2.26. The molecule has 0 saturated carbocycles. The van der Waals surface area contributed by atoms with Crippen molar-refractivity contribution in [2.45, 2.75) is 11.4 Å². The third-order valence-corrected chi connectivity index (χ3v) is 5.68. The van der Waals surface area contributed by atoms with Gasteiger partial charge in [0.2, 0.25) is 10.0 Å². The zero-order valence-electron chi connectivity index (χ0n) is 15.4. The van der Waals surface area contributed by atoms with Crippen LogP contribution in [-0.4, -0.2) is 46.9 Å². The second-order valence-electron chi connectivity index (χ2n) is 5.80. The van der Waals surface area contributed by atoms with E-state index in [2.05, 4.69) is 5.32 Å². The Bertz CT molecular complexity index is 945. The zero-order valence-corrected chi connectivity index (χ0v) is 16.3. The molecular weight excluding hydrogens is 375 g/mol. The highest BCUT2D eigenvalue weighted by molar-refractivity contribution is 7.89. The Morgan fingerprint density at radius 2 is 1.74 bits per heavy atom. The molecule has 0 aliphatic rings. The Labute approximate surface area is 157 Å². The van der Waals surface area contributed by atoms with Crippen LogP contribution < -0.4 is 14.8 Å². The molecule has 0 atom stereocenters. The summed E-state index contributed by atoms with van der Waals surface area (Å²) in [6.45, 7) is 0.173. The molecule has 0 unspecified atom stereocenters. The number of methoxy groups -OCH3 is 2. The second-order valence-corrected chi connectivity index (χ2v) is 7.92. The van der Waals surface area contributed by atoms with Gasteiger partial charge in [0.25, 0.3) is 5.91 Å². The van der Waals surface area contributed by atoms with Crippen LogP contribution >= 0.6 is 0 Å². The van der Waals surface area contributed by atoms with Crippen LogP contribution in [0, 0.1) is 5.82 Å². The van der Waals surface area contributed by atoms with E-state index in [9.17, 15) is 17.6 Å². The van der Waals surface area contributed by atoms with Crippen molar-refractivity contribution in [3.05, 3.63) is 53.3 Å². The fourth-order valence-electron chi connectivity index (χ4n) is 2.31. The highest BCUT2D eigenvalue weighted by atomic mass is 32.2. The molecule has 2 aromatic rings. The minimum atomic E-state index is -4.00. The quantitative estimate of drug-likeness (QED) is 0.774. The standard InChI is InChI=1S/C18H21FN2O5S/c1-21(2)27(23,24)17-10-13(6-7-14(17)19)18(22)20-11-12-5-8-15(25-3)16(9-12)26-4/h5-10H,11H2,1-4H3,(H,20,22). The van der Waals surface area contributed by atoms with Crippen molar-refractivity contribution in [1.29, 1.82) is 0 Å². The number of rotatable bonds is 7. The van der Waals surface area contributed by atoms with E-state index in [1.54, 1.807) is 18.2 Å². The molecule has 0 aromatic heterocycles. The van der Waals surface area contributed by atoms with Crippen LogP contribution in [0.4, 0.5) is 4.39 Å². The largest absolute Gasteiger partial charge is 0.493 e. The van der Waals surface area contributed by atoms with Gasteiger partial charge >= 0.3 is 0 Å². The Morgan fingerprint density at radius 3 is 2.33 bits per heavy atom. The molecule has 7 nitrogen and oxygen atoms in total. The number of sulfonamides is 1. The van der Waals surface area contributed by atoms with Gasteiger partial charge < -0.3 is 14.8 Å². The molecule has 0 radical (unpaired) electrons. The normalized spacial score (nSPS) is 11.3. The summed E-state index contributed by atoms with van der Waals surface area (Å²) in [6, 6.07) is 8.39. The summed E-state index contributed by atoms with van der Waals surface area (Å²) in [6.07, 6.45) is 0. The first-order valence-electron chi connectivity index (χ1n) is 7.92. The van der Waals surface area contributed by atoms with Gasteiger partial charge in [0.05, 0.1) is 14.2 Å². The van der Waals surface area contributed by atoms with Gasteiger partial charge in [-0.1, -0.05) is 6.07 Å². The van der Waals surface area contributed by atoms with E-state index in [1.165, 1.54) is 34.4 Å². The Balaban J connectivity index is 2.20. The van der Waals surface area contributed by atoms with Crippen molar-refractivity contribution in [2.24, 2.45) is 0 Å². The molecule has 0 bridgehead atoms. The van der Waals surface area contributed by atoms with Crippen LogP contribution in [0.2, 0.25) is 0 Å². The first kappa shape index (κ1) is 20.7. The summed E-state index contributed by atoms with van der Waals surface area (Å²) in [5, 5.41) is 2.67. The Kier molecular flexibility index (Phi) is 6.40. The van der Waals surface area contributed by atoms with Gasteiger partial charge in [-0.2, -0.15) is 0 Å². The van der Waals surface area contributed by atoms with Gasteiger partial charge in [0, 0.05) is 26.2 Å². The Morgan fingerprint density at radius 1 is 1.07 bits per heavy atom. The van der Waals surface area contributed by atoms with Crippen molar-refractivity contribution in [3.63, 3.8) is 0 Å². The maximum atomic E-state index is 13.9. The number of ether oxygens (including phenoxy) is 2. The van der Waals surface area contributed by atoms with E-state index in [4.69, 9.17) is 9.47 Å². The fraction of sp³-hybridized carbons (Fsp3) is 0.278. The molecule has 2 aromatic carbocycles. The van der Waals surface area contributed by atoms with Crippen LogP contribution in [-0.2, 0) is 16.6 Å². The summed E-state index contributed by atoms with van der Waals surface area (Å²) in [7, 11) is 1.61. The van der Waals surface area contributed by atoms with E-state index in [1.807, 2.05) is 0 Å². The number of halogens is 1. The minimum Gasteiger partial charge on any atom is -0.493 e. The van der Waals surface area contributed by atoms with Crippen LogP contribution in [0.15, 0.2) is 41.3 Å². The predicted octanol–water partition coefficient (Wildman–Crippen LogP) is 2.02. The van der Waals surface area contributed by atoms with Crippen molar-refractivity contribution >= 4 is 15.9 Å². The number of benzene rings is 2. The van der Waals surface area contributed by atoms with Gasteiger partial charge in [-0.15, -0.1) is 0 Å². The second kappa shape index (κ2) is 8.36. The van der Waals surface area contributed by atoms with Crippen molar-refractivity contribution in [2.75, 3.05) is 28.3 Å². The average molecular weight is 396 g/mol. The molecular formula is C18H21FN2O5S. The van der Waals surface area contributed by atoms with Gasteiger partial charge in [0.1, 0.15) is 10.7 Å². The van der Waals surface area contributed by atoms with Crippen LogP contribution in [0.3, 0.4) is 0 Å². The van der Waals surface area contributed by atoms with Crippen LogP contribution in [0.25, 0.3) is 0 Å². The van der Waals surface area contributed by atoms with E-state index in [-0.39, 0.29) is 12.1 Å². The molecule has 0 saturated heterocycles. The molecule has 1 N–H and O–H groups in total. The summed E-state index contributed by atoms with van der Waals surface area (Å²) >= 11 is 0. The highest BCUT2D eigenvalue weighted by Crippen LogP contribution is 2.27. The lowest BCUT2D eigenvalue weighted by molar-refractivity contribution is 0.0950. The topological polar surface area (TPSA) is 84.9 Å². The summed E-state index contributed by atoms with van der Waals surface area (Å²) < 4.78 is 49.5. The third-order valence-electron chi connectivity index (χ3n) is 3.85. The number of carbonyl (C=O) groups excluding carboxylic acids is 1. The first-order valence-corrected chi connectivity index (χ1v) is 9.36. The molecule has 9 heteroatoms. The molecule has 0 heterocycles. The molecule has 146 valence electrons. The number of hydrogen-bond acceptors (Lipinski definition) is 5. The van der Waals surface area contributed by atoms with Gasteiger partial charge in [0.15, 0.2) is 11.5 Å². The van der Waals surface area contributed by atoms with Crippen LogP contribution in [0.1, 0.15) is 15.9 Å². The molecule has 0 aliphatic heterocycles. The maximum Gasteiger partial charge on any atom is 0.251 e. The SMILES string of the molecule is COc1ccc(CNC(=O)c2ccc(F)c(S(=O)(=O)N(C)C)c2)cc1OC. The first-order chi connectivity index (χ1) is 12.7. The van der Waals surface area contributed by atoms with Gasteiger partial charge in [-0.05, 0) is 35.9 Å². The van der Waals surface area contributed by atoms with E-state index < -0.39 is 26.6 Å². The summed E-state index contributed by atoms with van der Waals surface area (Å²) in [5.41, 5.74) is 0.793. The number of hydrogen-bond donors (Lipinski definition) is 1. The van der Waals surface area contributed by atoms with Gasteiger partial charge in [-0.3, -0.25) is 4.79 Å². The smallest absolute Gasteiger partial charge is 0.251 e. The Hall–Kier alpha value is -2.65. The zero-order chi connectivity index (χ0) is 20.2. The van der Waals surface area contributed by atoms with E-state index >= 15 is 0 Å². The number of carbonyl (C=O) groups is 1. The molecule has 0 fully saturated rings. The average Bonchev–Trinajstić information content (AvgIpc) is 2.65.